The van der Waals surface area contributed by atoms with E-state index in [1.165, 1.54) is 0 Å². The molecule has 2 aliphatic heterocycles. The summed E-state index contributed by atoms with van der Waals surface area (Å²) in [6.07, 6.45) is 1.67. The van der Waals surface area contributed by atoms with Crippen molar-refractivity contribution in [3.8, 4) is 0 Å². The summed E-state index contributed by atoms with van der Waals surface area (Å²) in [5, 5.41) is 12.6. The Kier molecular flexibility index (Phi) is 3.26. The van der Waals surface area contributed by atoms with Gasteiger partial charge in [-0.2, -0.15) is 0 Å². The Balaban J connectivity index is 1.79. The van der Waals surface area contributed by atoms with Crippen LogP contribution in [0, 0.1) is 11.8 Å². The van der Waals surface area contributed by atoms with Crippen LogP contribution < -0.4 is 5.32 Å². The number of rotatable bonds is 2. The van der Waals surface area contributed by atoms with Crippen molar-refractivity contribution >= 4 is 5.91 Å². The SMILES string of the molecule is C[C@@H](O)C1CCN(C(=O)C2CNC2)CC1. The summed E-state index contributed by atoms with van der Waals surface area (Å²) in [5.74, 6) is 0.902. The highest BCUT2D eigenvalue weighted by Crippen LogP contribution is 2.22. The fraction of sp³-hybridized carbons (Fsp3) is 0.909. The Morgan fingerprint density at radius 2 is 2.00 bits per heavy atom. The molecule has 1 atom stereocenters. The topological polar surface area (TPSA) is 52.6 Å². The normalized spacial score (nSPS) is 26.1. The van der Waals surface area contributed by atoms with E-state index in [0.717, 1.165) is 39.0 Å². The standard InChI is InChI=1S/C11H20N2O2/c1-8(14)9-2-4-13(5-3-9)11(15)10-6-12-7-10/h8-10,12,14H,2-7H2,1H3/t8-/m1/s1. The highest BCUT2D eigenvalue weighted by Gasteiger charge is 2.32. The maximum Gasteiger partial charge on any atom is 0.228 e. The van der Waals surface area contributed by atoms with Crippen LogP contribution in [0.5, 0.6) is 0 Å². The van der Waals surface area contributed by atoms with Crippen molar-refractivity contribution in [2.24, 2.45) is 11.8 Å². The molecular formula is C11H20N2O2. The van der Waals surface area contributed by atoms with Crippen LogP contribution in [0.15, 0.2) is 0 Å². The summed E-state index contributed by atoms with van der Waals surface area (Å²) in [6, 6.07) is 0. The second-order valence-corrected chi connectivity index (χ2v) is 4.76. The Hall–Kier alpha value is -0.610. The van der Waals surface area contributed by atoms with E-state index in [9.17, 15) is 9.90 Å². The Morgan fingerprint density at radius 1 is 1.40 bits per heavy atom. The largest absolute Gasteiger partial charge is 0.393 e. The number of hydrogen-bond donors (Lipinski definition) is 2. The van der Waals surface area contributed by atoms with Crippen molar-refractivity contribution in [1.29, 1.82) is 0 Å². The number of likely N-dealkylation sites (tertiary alicyclic amines) is 1. The van der Waals surface area contributed by atoms with Crippen LogP contribution in [0.1, 0.15) is 19.8 Å². The van der Waals surface area contributed by atoms with Gasteiger partial charge in [-0.05, 0) is 25.7 Å². The van der Waals surface area contributed by atoms with E-state index in [0.29, 0.717) is 11.8 Å². The number of amides is 1. The van der Waals surface area contributed by atoms with Gasteiger partial charge in [-0.25, -0.2) is 0 Å². The lowest BCUT2D eigenvalue weighted by Gasteiger charge is -2.37. The number of nitrogens with one attached hydrogen (secondary N) is 1. The molecule has 1 amide bonds. The summed E-state index contributed by atoms with van der Waals surface area (Å²) in [4.78, 5) is 13.8. The molecule has 0 saturated carbocycles. The van der Waals surface area contributed by atoms with E-state index in [-0.39, 0.29) is 12.0 Å². The predicted octanol–water partition coefficient (Wildman–Crippen LogP) is -0.175. The minimum atomic E-state index is -0.229. The molecular weight excluding hydrogens is 192 g/mol. The molecule has 86 valence electrons. The number of hydrogen-bond acceptors (Lipinski definition) is 3. The van der Waals surface area contributed by atoms with Crippen LogP contribution in [0.25, 0.3) is 0 Å². The molecule has 2 fully saturated rings. The number of aliphatic hydroxyl groups is 1. The van der Waals surface area contributed by atoms with E-state index in [4.69, 9.17) is 0 Å². The molecule has 2 rings (SSSR count). The fourth-order valence-corrected chi connectivity index (χ4v) is 2.32. The van der Waals surface area contributed by atoms with Gasteiger partial charge in [0.25, 0.3) is 0 Å². The monoisotopic (exact) mass is 212 g/mol. The van der Waals surface area contributed by atoms with Crippen LogP contribution in [0.2, 0.25) is 0 Å². The van der Waals surface area contributed by atoms with Gasteiger partial charge < -0.3 is 15.3 Å². The van der Waals surface area contributed by atoms with E-state index in [2.05, 4.69) is 5.32 Å². The highest BCUT2D eigenvalue weighted by atomic mass is 16.3. The molecule has 2 N–H and O–H groups in total. The molecule has 4 nitrogen and oxygen atoms in total. The van der Waals surface area contributed by atoms with Crippen LogP contribution >= 0.6 is 0 Å². The lowest BCUT2D eigenvalue weighted by molar-refractivity contribution is -0.139. The minimum absolute atomic E-state index is 0.216. The van der Waals surface area contributed by atoms with Crippen molar-refractivity contribution in [3.63, 3.8) is 0 Å². The van der Waals surface area contributed by atoms with Gasteiger partial charge in [0.15, 0.2) is 0 Å². The first kappa shape index (κ1) is 10.9. The van der Waals surface area contributed by atoms with E-state index in [1.54, 1.807) is 0 Å². The summed E-state index contributed by atoms with van der Waals surface area (Å²) in [7, 11) is 0. The Labute approximate surface area is 90.6 Å². The quantitative estimate of drug-likeness (QED) is 0.668. The zero-order valence-corrected chi connectivity index (χ0v) is 9.28. The van der Waals surface area contributed by atoms with Gasteiger partial charge in [0.2, 0.25) is 5.91 Å². The average molecular weight is 212 g/mol. The lowest BCUT2D eigenvalue weighted by Crippen LogP contribution is -2.53. The summed E-state index contributed by atoms with van der Waals surface area (Å²) in [5.41, 5.74) is 0. The molecule has 0 bridgehead atoms. The maximum absolute atomic E-state index is 11.9. The van der Waals surface area contributed by atoms with Gasteiger partial charge in [-0.15, -0.1) is 0 Å². The molecule has 0 aliphatic carbocycles. The van der Waals surface area contributed by atoms with E-state index < -0.39 is 0 Å². The van der Waals surface area contributed by atoms with Gasteiger partial charge in [-0.3, -0.25) is 4.79 Å². The third kappa shape index (κ3) is 2.32. The first-order valence-electron chi connectivity index (χ1n) is 5.86. The number of carbonyl (C=O) groups excluding carboxylic acids is 1. The molecule has 15 heavy (non-hydrogen) atoms. The number of nitrogens with zero attached hydrogens (tertiary/aromatic N) is 1. The van der Waals surface area contributed by atoms with Crippen LogP contribution in [0.4, 0.5) is 0 Å². The molecule has 0 aromatic heterocycles. The van der Waals surface area contributed by atoms with Crippen LogP contribution in [-0.2, 0) is 4.79 Å². The first-order chi connectivity index (χ1) is 7.18. The van der Waals surface area contributed by atoms with Crippen molar-refractivity contribution in [2.45, 2.75) is 25.9 Å². The third-order valence-electron chi connectivity index (χ3n) is 3.66. The Morgan fingerprint density at radius 3 is 2.40 bits per heavy atom. The third-order valence-corrected chi connectivity index (χ3v) is 3.66. The van der Waals surface area contributed by atoms with Gasteiger partial charge in [0, 0.05) is 26.2 Å². The molecule has 2 aliphatic rings. The van der Waals surface area contributed by atoms with Gasteiger partial charge in [0.05, 0.1) is 12.0 Å². The van der Waals surface area contributed by atoms with Crippen molar-refractivity contribution in [1.82, 2.24) is 10.2 Å². The highest BCUT2D eigenvalue weighted by molar-refractivity contribution is 5.80. The summed E-state index contributed by atoms with van der Waals surface area (Å²) in [6.45, 7) is 5.18. The molecule has 0 radical (unpaired) electrons. The predicted molar refractivity (Wildman–Crippen MR) is 57.3 cm³/mol. The summed E-state index contributed by atoms with van der Waals surface area (Å²) < 4.78 is 0. The van der Waals surface area contributed by atoms with Gasteiger partial charge in [0.1, 0.15) is 0 Å². The Bertz CT molecular complexity index is 231. The number of piperidine rings is 1. The van der Waals surface area contributed by atoms with Crippen LogP contribution in [-0.4, -0.2) is 48.2 Å². The van der Waals surface area contributed by atoms with Crippen LogP contribution in [0.3, 0.4) is 0 Å². The maximum atomic E-state index is 11.9. The van der Waals surface area contributed by atoms with Crippen molar-refractivity contribution in [2.75, 3.05) is 26.2 Å². The molecule has 0 aromatic rings. The second-order valence-electron chi connectivity index (χ2n) is 4.76. The molecule has 2 heterocycles. The molecule has 0 unspecified atom stereocenters. The first-order valence-corrected chi connectivity index (χ1v) is 5.86. The number of carbonyl (C=O) groups is 1. The molecule has 2 saturated heterocycles. The lowest BCUT2D eigenvalue weighted by atomic mass is 9.91. The number of aliphatic hydroxyl groups excluding tert-OH is 1. The van der Waals surface area contributed by atoms with Crippen molar-refractivity contribution < 1.29 is 9.90 Å². The molecule has 0 aromatic carbocycles. The van der Waals surface area contributed by atoms with Crippen molar-refractivity contribution in [3.05, 3.63) is 0 Å². The van der Waals surface area contributed by atoms with E-state index in [1.807, 2.05) is 11.8 Å². The minimum Gasteiger partial charge on any atom is -0.393 e. The zero-order chi connectivity index (χ0) is 10.8. The average Bonchev–Trinajstić information content (AvgIpc) is 2.15. The van der Waals surface area contributed by atoms with E-state index >= 15 is 0 Å². The fourth-order valence-electron chi connectivity index (χ4n) is 2.32. The smallest absolute Gasteiger partial charge is 0.228 e. The molecule has 0 spiro atoms. The summed E-state index contributed by atoms with van der Waals surface area (Å²) >= 11 is 0. The molecule has 4 heteroatoms. The zero-order valence-electron chi connectivity index (χ0n) is 9.28. The second kappa shape index (κ2) is 4.49. The van der Waals surface area contributed by atoms with Gasteiger partial charge >= 0.3 is 0 Å². The van der Waals surface area contributed by atoms with Gasteiger partial charge in [-0.1, -0.05) is 0 Å².